The summed E-state index contributed by atoms with van der Waals surface area (Å²) in [7, 11) is 1.67. The van der Waals surface area contributed by atoms with Gasteiger partial charge in [0, 0.05) is 25.9 Å². The van der Waals surface area contributed by atoms with Gasteiger partial charge in [0.25, 0.3) is 0 Å². The molecule has 0 aromatic heterocycles. The number of hydrogen-bond donors (Lipinski definition) is 1. The van der Waals surface area contributed by atoms with Crippen LogP contribution in [-0.2, 0) is 4.74 Å². The van der Waals surface area contributed by atoms with E-state index in [4.69, 9.17) is 10.00 Å². The second-order valence-electron chi connectivity index (χ2n) is 3.43. The molecule has 0 aliphatic heterocycles. The first-order chi connectivity index (χ1) is 7.77. The maximum absolute atomic E-state index is 13.0. The molecule has 86 valence electrons. The van der Waals surface area contributed by atoms with Crippen LogP contribution < -0.4 is 5.32 Å². The van der Waals surface area contributed by atoms with E-state index < -0.39 is 5.82 Å². The first-order valence-corrected chi connectivity index (χ1v) is 5.20. The van der Waals surface area contributed by atoms with Crippen LogP contribution >= 0.6 is 0 Å². The summed E-state index contributed by atoms with van der Waals surface area (Å²) in [6, 6.07) is 6.26. The van der Waals surface area contributed by atoms with Crippen LogP contribution in [0.2, 0.25) is 0 Å². The molecule has 0 heterocycles. The van der Waals surface area contributed by atoms with Crippen molar-refractivity contribution < 1.29 is 9.13 Å². The molecule has 0 unspecified atom stereocenters. The molecule has 4 heteroatoms. The monoisotopic (exact) mass is 222 g/mol. The van der Waals surface area contributed by atoms with Gasteiger partial charge in [-0.2, -0.15) is 5.26 Å². The minimum absolute atomic E-state index is 0.0712. The highest BCUT2D eigenvalue weighted by molar-refractivity contribution is 5.49. The van der Waals surface area contributed by atoms with E-state index in [-0.39, 0.29) is 5.56 Å². The van der Waals surface area contributed by atoms with Gasteiger partial charge >= 0.3 is 0 Å². The summed E-state index contributed by atoms with van der Waals surface area (Å²) in [6.45, 7) is 1.54. The summed E-state index contributed by atoms with van der Waals surface area (Å²) in [5, 5.41) is 11.8. The Morgan fingerprint density at radius 1 is 1.44 bits per heavy atom. The number of ether oxygens (including phenoxy) is 1. The first kappa shape index (κ1) is 12.5. The number of halogens is 1. The fourth-order valence-electron chi connectivity index (χ4n) is 1.33. The van der Waals surface area contributed by atoms with Crippen molar-refractivity contribution in [2.75, 3.05) is 25.6 Å². The molecule has 0 fully saturated rings. The summed E-state index contributed by atoms with van der Waals surface area (Å²) in [5.74, 6) is -0.479. The van der Waals surface area contributed by atoms with Crippen molar-refractivity contribution >= 4 is 5.69 Å². The van der Waals surface area contributed by atoms with Crippen LogP contribution in [0.4, 0.5) is 10.1 Å². The van der Waals surface area contributed by atoms with Crippen molar-refractivity contribution in [3.8, 4) is 6.07 Å². The standard InChI is InChI=1S/C12H15FN2O/c1-16-7-3-2-6-15-11-4-5-12(13)10(8-11)9-14/h4-5,8,15H,2-3,6-7H2,1H3. The Morgan fingerprint density at radius 3 is 2.94 bits per heavy atom. The molecule has 1 aromatic carbocycles. The molecule has 0 atom stereocenters. The number of nitrogens with one attached hydrogen (secondary N) is 1. The average Bonchev–Trinajstić information content (AvgIpc) is 2.31. The van der Waals surface area contributed by atoms with E-state index in [1.807, 2.05) is 6.07 Å². The lowest BCUT2D eigenvalue weighted by molar-refractivity contribution is 0.194. The molecule has 0 aliphatic rings. The Morgan fingerprint density at radius 2 is 2.25 bits per heavy atom. The Balaban J connectivity index is 2.40. The second-order valence-corrected chi connectivity index (χ2v) is 3.43. The number of anilines is 1. The quantitative estimate of drug-likeness (QED) is 0.752. The summed E-state index contributed by atoms with van der Waals surface area (Å²) in [5.41, 5.74) is 0.845. The van der Waals surface area contributed by atoms with Gasteiger partial charge in [0.1, 0.15) is 11.9 Å². The number of nitriles is 1. The van der Waals surface area contributed by atoms with Crippen molar-refractivity contribution in [3.05, 3.63) is 29.6 Å². The molecular formula is C12H15FN2O. The second kappa shape index (κ2) is 6.81. The number of nitrogens with zero attached hydrogens (tertiary/aromatic N) is 1. The normalized spacial score (nSPS) is 9.81. The van der Waals surface area contributed by atoms with E-state index in [9.17, 15) is 4.39 Å². The molecular weight excluding hydrogens is 207 g/mol. The van der Waals surface area contributed by atoms with E-state index in [2.05, 4.69) is 5.32 Å². The van der Waals surface area contributed by atoms with Gasteiger partial charge in [0.15, 0.2) is 0 Å². The molecule has 16 heavy (non-hydrogen) atoms. The molecule has 0 saturated heterocycles. The van der Waals surface area contributed by atoms with Gasteiger partial charge in [0.05, 0.1) is 5.56 Å². The van der Waals surface area contributed by atoms with Crippen LogP contribution in [0.3, 0.4) is 0 Å². The minimum atomic E-state index is -0.479. The minimum Gasteiger partial charge on any atom is -0.385 e. The predicted molar refractivity (Wildman–Crippen MR) is 60.7 cm³/mol. The zero-order chi connectivity index (χ0) is 11.8. The number of methoxy groups -OCH3 is 1. The highest BCUT2D eigenvalue weighted by Crippen LogP contribution is 2.13. The lowest BCUT2D eigenvalue weighted by Gasteiger charge is -2.06. The van der Waals surface area contributed by atoms with Gasteiger partial charge < -0.3 is 10.1 Å². The first-order valence-electron chi connectivity index (χ1n) is 5.20. The summed E-state index contributed by atoms with van der Waals surface area (Å²) >= 11 is 0. The molecule has 0 amide bonds. The Hall–Kier alpha value is -1.60. The van der Waals surface area contributed by atoms with Crippen LogP contribution in [0.25, 0.3) is 0 Å². The molecule has 1 N–H and O–H groups in total. The Bertz CT molecular complexity index is 374. The van der Waals surface area contributed by atoms with Crippen molar-refractivity contribution in [1.29, 1.82) is 5.26 Å². The van der Waals surface area contributed by atoms with Crippen molar-refractivity contribution in [2.24, 2.45) is 0 Å². The zero-order valence-corrected chi connectivity index (χ0v) is 9.29. The van der Waals surface area contributed by atoms with Crippen LogP contribution in [-0.4, -0.2) is 20.3 Å². The molecule has 1 aromatic rings. The fourth-order valence-corrected chi connectivity index (χ4v) is 1.33. The average molecular weight is 222 g/mol. The molecule has 1 rings (SSSR count). The van der Waals surface area contributed by atoms with Crippen LogP contribution in [0.5, 0.6) is 0 Å². The summed E-state index contributed by atoms with van der Waals surface area (Å²) < 4.78 is 17.9. The van der Waals surface area contributed by atoms with Gasteiger partial charge in [-0.05, 0) is 31.0 Å². The zero-order valence-electron chi connectivity index (χ0n) is 9.29. The smallest absolute Gasteiger partial charge is 0.141 e. The third kappa shape index (κ3) is 3.87. The van der Waals surface area contributed by atoms with Gasteiger partial charge in [-0.25, -0.2) is 4.39 Å². The van der Waals surface area contributed by atoms with Gasteiger partial charge in [-0.15, -0.1) is 0 Å². The number of benzene rings is 1. The number of rotatable bonds is 6. The molecule has 3 nitrogen and oxygen atoms in total. The van der Waals surface area contributed by atoms with E-state index >= 15 is 0 Å². The van der Waals surface area contributed by atoms with E-state index in [0.29, 0.717) is 0 Å². The topological polar surface area (TPSA) is 45.0 Å². The van der Waals surface area contributed by atoms with Crippen LogP contribution in [0.1, 0.15) is 18.4 Å². The van der Waals surface area contributed by atoms with E-state index in [0.717, 1.165) is 31.7 Å². The Kier molecular flexibility index (Phi) is 5.30. The van der Waals surface area contributed by atoms with Gasteiger partial charge in [-0.1, -0.05) is 0 Å². The molecule has 0 saturated carbocycles. The molecule has 0 aliphatic carbocycles. The number of hydrogen-bond acceptors (Lipinski definition) is 3. The third-order valence-corrected chi connectivity index (χ3v) is 2.19. The third-order valence-electron chi connectivity index (χ3n) is 2.19. The van der Waals surface area contributed by atoms with E-state index in [1.54, 1.807) is 13.2 Å². The Labute approximate surface area is 94.8 Å². The van der Waals surface area contributed by atoms with Crippen molar-refractivity contribution in [3.63, 3.8) is 0 Å². The van der Waals surface area contributed by atoms with Crippen molar-refractivity contribution in [2.45, 2.75) is 12.8 Å². The van der Waals surface area contributed by atoms with E-state index in [1.165, 1.54) is 12.1 Å². The molecule has 0 bridgehead atoms. The van der Waals surface area contributed by atoms with Crippen LogP contribution in [0.15, 0.2) is 18.2 Å². The molecule has 0 spiro atoms. The van der Waals surface area contributed by atoms with Crippen molar-refractivity contribution in [1.82, 2.24) is 0 Å². The maximum atomic E-state index is 13.0. The highest BCUT2D eigenvalue weighted by Gasteiger charge is 2.01. The SMILES string of the molecule is COCCCCNc1ccc(F)c(C#N)c1. The van der Waals surface area contributed by atoms with Gasteiger partial charge in [0.2, 0.25) is 0 Å². The maximum Gasteiger partial charge on any atom is 0.141 e. The summed E-state index contributed by atoms with van der Waals surface area (Å²) in [4.78, 5) is 0. The summed E-state index contributed by atoms with van der Waals surface area (Å²) in [6.07, 6.45) is 1.96. The lowest BCUT2D eigenvalue weighted by Crippen LogP contribution is -2.03. The number of unbranched alkanes of at least 4 members (excludes halogenated alkanes) is 1. The highest BCUT2D eigenvalue weighted by atomic mass is 19.1. The van der Waals surface area contributed by atoms with Crippen LogP contribution in [0, 0.1) is 17.1 Å². The fraction of sp³-hybridized carbons (Fsp3) is 0.417. The predicted octanol–water partition coefficient (Wildman–Crippen LogP) is 2.54. The largest absolute Gasteiger partial charge is 0.385 e. The molecule has 0 radical (unpaired) electrons. The van der Waals surface area contributed by atoms with Gasteiger partial charge in [-0.3, -0.25) is 0 Å². The lowest BCUT2D eigenvalue weighted by atomic mass is 10.2.